The van der Waals surface area contributed by atoms with Gasteiger partial charge in [0.25, 0.3) is 5.91 Å². The lowest BCUT2D eigenvalue weighted by atomic mass is 10.2. The van der Waals surface area contributed by atoms with E-state index < -0.39 is 0 Å². The number of ether oxygens (including phenoxy) is 1. The summed E-state index contributed by atoms with van der Waals surface area (Å²) in [6.45, 7) is -0.347. The van der Waals surface area contributed by atoms with Crippen LogP contribution in [0.25, 0.3) is 0 Å². The molecular formula is C15H14FNO3. The number of hydrogen-bond acceptors (Lipinski definition) is 3. The van der Waals surface area contributed by atoms with Gasteiger partial charge >= 0.3 is 0 Å². The summed E-state index contributed by atoms with van der Waals surface area (Å²) in [5.74, 6) is -0.300. The van der Waals surface area contributed by atoms with E-state index in [-0.39, 0.29) is 24.9 Å². The first-order chi connectivity index (χ1) is 9.69. The van der Waals surface area contributed by atoms with Gasteiger partial charge in [0.05, 0.1) is 6.61 Å². The van der Waals surface area contributed by atoms with Gasteiger partial charge in [-0.2, -0.15) is 0 Å². The maximum atomic E-state index is 12.7. The van der Waals surface area contributed by atoms with Crippen molar-refractivity contribution in [3.05, 3.63) is 59.9 Å². The number of para-hydroxylation sites is 1. The molecule has 0 radical (unpaired) electrons. The number of carbonyl (C=O) groups excluding carboxylic acids is 1. The summed E-state index contributed by atoms with van der Waals surface area (Å²) in [7, 11) is 0. The highest BCUT2D eigenvalue weighted by molar-refractivity contribution is 5.92. The number of anilines is 1. The second-order valence-electron chi connectivity index (χ2n) is 4.11. The molecular weight excluding hydrogens is 261 g/mol. The summed E-state index contributed by atoms with van der Waals surface area (Å²) >= 11 is 0. The molecule has 0 aliphatic heterocycles. The van der Waals surface area contributed by atoms with Gasteiger partial charge in [-0.25, -0.2) is 4.39 Å². The average Bonchev–Trinajstić information content (AvgIpc) is 2.47. The van der Waals surface area contributed by atoms with Crippen molar-refractivity contribution in [3.63, 3.8) is 0 Å². The summed E-state index contributed by atoms with van der Waals surface area (Å²) in [6.07, 6.45) is 0. The Morgan fingerprint density at radius 3 is 2.55 bits per heavy atom. The number of aliphatic hydroxyl groups is 1. The zero-order valence-electron chi connectivity index (χ0n) is 10.7. The van der Waals surface area contributed by atoms with Crippen LogP contribution in [0.2, 0.25) is 0 Å². The highest BCUT2D eigenvalue weighted by Gasteiger charge is 2.06. The van der Waals surface area contributed by atoms with Crippen LogP contribution in [0.3, 0.4) is 0 Å². The van der Waals surface area contributed by atoms with Crippen LogP contribution in [0.1, 0.15) is 5.56 Å². The number of halogens is 1. The fourth-order valence-electron chi connectivity index (χ4n) is 1.65. The van der Waals surface area contributed by atoms with E-state index in [1.807, 2.05) is 0 Å². The number of nitrogens with one attached hydrogen (secondary N) is 1. The van der Waals surface area contributed by atoms with Crippen LogP contribution in [0.4, 0.5) is 10.1 Å². The molecule has 0 heterocycles. The van der Waals surface area contributed by atoms with E-state index in [1.165, 1.54) is 24.3 Å². The normalized spacial score (nSPS) is 10.1. The van der Waals surface area contributed by atoms with Gasteiger partial charge in [0.15, 0.2) is 6.61 Å². The second kappa shape index (κ2) is 6.68. The zero-order valence-corrected chi connectivity index (χ0v) is 10.7. The lowest BCUT2D eigenvalue weighted by molar-refractivity contribution is -0.118. The molecule has 4 nitrogen and oxygen atoms in total. The Morgan fingerprint density at radius 2 is 1.85 bits per heavy atom. The Hall–Kier alpha value is -2.40. The molecule has 2 aromatic carbocycles. The number of carbonyl (C=O) groups is 1. The van der Waals surface area contributed by atoms with E-state index in [4.69, 9.17) is 9.84 Å². The van der Waals surface area contributed by atoms with Crippen molar-refractivity contribution < 1.29 is 19.0 Å². The molecule has 2 N–H and O–H groups in total. The third-order valence-corrected chi connectivity index (χ3v) is 2.65. The molecule has 0 aliphatic rings. The zero-order chi connectivity index (χ0) is 14.4. The van der Waals surface area contributed by atoms with Gasteiger partial charge in [-0.15, -0.1) is 0 Å². The Labute approximate surface area is 115 Å². The minimum atomic E-state index is -0.362. The fraction of sp³-hybridized carbons (Fsp3) is 0.133. The number of aliphatic hydroxyl groups excluding tert-OH is 1. The largest absolute Gasteiger partial charge is 0.484 e. The minimum absolute atomic E-state index is 0.157. The quantitative estimate of drug-likeness (QED) is 0.880. The van der Waals surface area contributed by atoms with Crippen molar-refractivity contribution in [1.29, 1.82) is 0 Å². The van der Waals surface area contributed by atoms with Crippen molar-refractivity contribution in [2.45, 2.75) is 6.61 Å². The third-order valence-electron chi connectivity index (χ3n) is 2.65. The maximum Gasteiger partial charge on any atom is 0.262 e. The van der Waals surface area contributed by atoms with Gasteiger partial charge in [-0.1, -0.05) is 18.2 Å². The van der Waals surface area contributed by atoms with Gasteiger partial charge in [-0.05, 0) is 30.3 Å². The number of rotatable bonds is 5. The summed E-state index contributed by atoms with van der Waals surface area (Å²) in [6, 6.07) is 12.4. The molecule has 0 aliphatic carbocycles. The maximum absolute atomic E-state index is 12.7. The predicted octanol–water partition coefficient (Wildman–Crippen LogP) is 2.34. The molecule has 0 spiro atoms. The third kappa shape index (κ3) is 3.80. The minimum Gasteiger partial charge on any atom is -0.484 e. The fourth-order valence-corrected chi connectivity index (χ4v) is 1.65. The van der Waals surface area contributed by atoms with Crippen LogP contribution < -0.4 is 10.1 Å². The summed E-state index contributed by atoms with van der Waals surface area (Å²) in [5, 5.41) is 11.8. The first-order valence-electron chi connectivity index (χ1n) is 6.06. The van der Waals surface area contributed by atoms with Gasteiger partial charge in [-0.3, -0.25) is 4.79 Å². The summed E-state index contributed by atoms with van der Waals surface area (Å²) in [5.41, 5.74) is 1.17. The van der Waals surface area contributed by atoms with Gasteiger partial charge < -0.3 is 15.2 Å². The average molecular weight is 275 g/mol. The number of amides is 1. The van der Waals surface area contributed by atoms with Crippen LogP contribution in [-0.4, -0.2) is 17.6 Å². The first-order valence-corrected chi connectivity index (χ1v) is 6.06. The molecule has 0 unspecified atom stereocenters. The molecule has 0 saturated carbocycles. The molecule has 2 aromatic rings. The Morgan fingerprint density at radius 1 is 1.15 bits per heavy atom. The Kier molecular flexibility index (Phi) is 4.68. The van der Waals surface area contributed by atoms with E-state index in [9.17, 15) is 9.18 Å². The van der Waals surface area contributed by atoms with Crippen LogP contribution in [0, 0.1) is 5.82 Å². The molecule has 104 valence electrons. The van der Waals surface area contributed by atoms with Crippen LogP contribution in [0.5, 0.6) is 5.75 Å². The highest BCUT2D eigenvalue weighted by atomic mass is 19.1. The van der Waals surface area contributed by atoms with Crippen molar-refractivity contribution in [3.8, 4) is 5.75 Å². The smallest absolute Gasteiger partial charge is 0.262 e. The molecule has 5 heteroatoms. The Balaban J connectivity index is 1.91. The van der Waals surface area contributed by atoms with E-state index in [0.717, 1.165) is 0 Å². The summed E-state index contributed by atoms with van der Waals surface area (Å²) in [4.78, 5) is 11.7. The molecule has 0 atom stereocenters. The number of benzene rings is 2. The van der Waals surface area contributed by atoms with E-state index in [1.54, 1.807) is 24.3 Å². The topological polar surface area (TPSA) is 58.6 Å². The molecule has 20 heavy (non-hydrogen) atoms. The molecule has 0 bridgehead atoms. The van der Waals surface area contributed by atoms with Crippen molar-refractivity contribution in [1.82, 2.24) is 0 Å². The lowest BCUT2D eigenvalue weighted by Crippen LogP contribution is -2.20. The lowest BCUT2D eigenvalue weighted by Gasteiger charge is -2.10. The van der Waals surface area contributed by atoms with E-state index in [2.05, 4.69) is 5.32 Å². The van der Waals surface area contributed by atoms with Crippen molar-refractivity contribution in [2.24, 2.45) is 0 Å². The van der Waals surface area contributed by atoms with Crippen LogP contribution >= 0.6 is 0 Å². The summed E-state index contributed by atoms with van der Waals surface area (Å²) < 4.78 is 17.9. The first kappa shape index (κ1) is 14.0. The van der Waals surface area contributed by atoms with E-state index in [0.29, 0.717) is 17.0 Å². The molecule has 2 rings (SSSR count). The van der Waals surface area contributed by atoms with E-state index >= 15 is 0 Å². The monoisotopic (exact) mass is 275 g/mol. The van der Waals surface area contributed by atoms with Crippen LogP contribution in [-0.2, 0) is 11.4 Å². The van der Waals surface area contributed by atoms with Gasteiger partial charge in [0.1, 0.15) is 11.6 Å². The SMILES string of the molecule is O=C(COc1ccc(F)cc1)Nc1ccccc1CO. The molecule has 0 fully saturated rings. The Bertz CT molecular complexity index is 584. The predicted molar refractivity (Wildman–Crippen MR) is 72.9 cm³/mol. The second-order valence-corrected chi connectivity index (χ2v) is 4.11. The van der Waals surface area contributed by atoms with Gasteiger partial charge in [0.2, 0.25) is 0 Å². The molecule has 0 aromatic heterocycles. The van der Waals surface area contributed by atoms with Crippen LogP contribution in [0.15, 0.2) is 48.5 Å². The molecule has 1 amide bonds. The highest BCUT2D eigenvalue weighted by Crippen LogP contribution is 2.15. The number of hydrogen-bond donors (Lipinski definition) is 2. The van der Waals surface area contributed by atoms with Crippen molar-refractivity contribution >= 4 is 11.6 Å². The molecule has 0 saturated heterocycles. The standard InChI is InChI=1S/C15H14FNO3/c16-12-5-7-13(8-6-12)20-10-15(19)17-14-4-2-1-3-11(14)9-18/h1-8,18H,9-10H2,(H,17,19). The van der Waals surface area contributed by atoms with Gasteiger partial charge in [0, 0.05) is 11.3 Å². The van der Waals surface area contributed by atoms with Crippen molar-refractivity contribution in [2.75, 3.05) is 11.9 Å².